The molecule has 0 heterocycles. The summed E-state index contributed by atoms with van der Waals surface area (Å²) >= 11 is 0. The molecule has 0 amide bonds. The molecule has 0 aliphatic rings. The average molecular weight is 973 g/mol. The van der Waals surface area contributed by atoms with Crippen LogP contribution in [0, 0.1) is 0 Å². The Morgan fingerprint density at radius 3 is 1.07 bits per heavy atom. The van der Waals surface area contributed by atoms with Crippen LogP contribution in [-0.2, 0) is 12.4 Å². The van der Waals surface area contributed by atoms with Crippen molar-refractivity contribution in [2.24, 2.45) is 0 Å². The standard InChI is InChI=1S/C68H42F6/c69-67(70,71)56-25-13-23-52(38-56)63-61-42-55-37-51(45-19-9-3-10-20-45)35-36-58(55)62(50-33-29-48(30-34-50)44-17-7-2-8-18-44)66(61)64(53-24-14-26-57(39-53)68(72,73)74)60-41-54(46-21-11-4-12-22-46)40-59(65(60)63)49-31-27-47(28-32-49)43-15-5-1-6-16-43/h1-42H. The van der Waals surface area contributed by atoms with Crippen molar-refractivity contribution < 1.29 is 26.3 Å². The molecule has 0 aliphatic heterocycles. The number of rotatable bonds is 8. The minimum absolute atomic E-state index is 0.309. The van der Waals surface area contributed by atoms with Crippen molar-refractivity contribution in [1.29, 1.82) is 0 Å². The van der Waals surface area contributed by atoms with Gasteiger partial charge in [-0.3, -0.25) is 0 Å². The summed E-state index contributed by atoms with van der Waals surface area (Å²) in [4.78, 5) is 0. The van der Waals surface area contributed by atoms with Crippen molar-refractivity contribution in [1.82, 2.24) is 0 Å². The zero-order valence-electron chi connectivity index (χ0n) is 39.5. The van der Waals surface area contributed by atoms with Crippen LogP contribution in [-0.4, -0.2) is 0 Å². The molecular formula is C68H42F6. The van der Waals surface area contributed by atoms with E-state index in [1.54, 1.807) is 12.1 Å². The van der Waals surface area contributed by atoms with E-state index in [4.69, 9.17) is 0 Å². The normalized spacial score (nSPS) is 11.9. The molecule has 0 bridgehead atoms. The highest BCUT2D eigenvalue weighted by molar-refractivity contribution is 6.31. The zero-order chi connectivity index (χ0) is 50.6. The predicted octanol–water partition coefficient (Wildman–Crippen LogP) is 20.5. The number of hydrogen-bond acceptors (Lipinski definition) is 0. The van der Waals surface area contributed by atoms with Gasteiger partial charge in [0.25, 0.3) is 0 Å². The number of halogens is 6. The highest BCUT2D eigenvalue weighted by atomic mass is 19.4. The van der Waals surface area contributed by atoms with Crippen LogP contribution in [0.4, 0.5) is 26.3 Å². The first-order valence-electron chi connectivity index (χ1n) is 24.3. The summed E-state index contributed by atoms with van der Waals surface area (Å²) in [6.45, 7) is 0. The molecule has 0 saturated carbocycles. The maximum Gasteiger partial charge on any atom is 0.416 e. The third kappa shape index (κ3) is 8.58. The van der Waals surface area contributed by atoms with Crippen molar-refractivity contribution in [3.63, 3.8) is 0 Å². The van der Waals surface area contributed by atoms with E-state index < -0.39 is 23.5 Å². The smallest absolute Gasteiger partial charge is 0.166 e. The van der Waals surface area contributed by atoms with Crippen molar-refractivity contribution in [3.8, 4) is 89.0 Å². The highest BCUT2D eigenvalue weighted by Gasteiger charge is 2.33. The van der Waals surface area contributed by atoms with Gasteiger partial charge in [0.15, 0.2) is 0 Å². The van der Waals surface area contributed by atoms with Crippen LogP contribution in [0.2, 0.25) is 0 Å². The first kappa shape index (κ1) is 46.1. The summed E-state index contributed by atoms with van der Waals surface area (Å²) in [5.74, 6) is 0. The molecule has 12 aromatic rings. The Labute approximate surface area is 424 Å². The van der Waals surface area contributed by atoms with Gasteiger partial charge in [-0.05, 0) is 170 Å². The van der Waals surface area contributed by atoms with Gasteiger partial charge in [-0.1, -0.05) is 206 Å². The van der Waals surface area contributed by atoms with E-state index in [2.05, 4.69) is 24.3 Å². The number of hydrogen-bond donors (Lipinski definition) is 0. The molecule has 0 spiro atoms. The lowest BCUT2D eigenvalue weighted by molar-refractivity contribution is -0.138. The largest absolute Gasteiger partial charge is 0.416 e. The fourth-order valence-corrected chi connectivity index (χ4v) is 10.6. The molecule has 0 radical (unpaired) electrons. The summed E-state index contributed by atoms with van der Waals surface area (Å²) in [7, 11) is 0. The average Bonchev–Trinajstić information content (AvgIpc) is 3.46. The predicted molar refractivity (Wildman–Crippen MR) is 292 cm³/mol. The van der Waals surface area contributed by atoms with Gasteiger partial charge >= 0.3 is 12.4 Å². The van der Waals surface area contributed by atoms with Crippen LogP contribution in [0.15, 0.2) is 255 Å². The first-order valence-corrected chi connectivity index (χ1v) is 24.3. The Hall–Kier alpha value is -9.00. The molecule has 0 nitrogen and oxygen atoms in total. The molecule has 74 heavy (non-hydrogen) atoms. The summed E-state index contributed by atoms with van der Waals surface area (Å²) in [5.41, 5.74) is 10.5. The molecular weight excluding hydrogens is 931 g/mol. The van der Waals surface area contributed by atoms with E-state index in [0.29, 0.717) is 49.4 Å². The summed E-state index contributed by atoms with van der Waals surface area (Å²) in [5, 5.41) is 3.99. The van der Waals surface area contributed by atoms with Crippen LogP contribution in [0.5, 0.6) is 0 Å². The monoisotopic (exact) mass is 972 g/mol. The molecule has 0 N–H and O–H groups in total. The second kappa shape index (κ2) is 18.6. The molecule has 0 saturated heterocycles. The first-order chi connectivity index (χ1) is 36.0. The summed E-state index contributed by atoms with van der Waals surface area (Å²) < 4.78 is 90.4. The lowest BCUT2D eigenvalue weighted by atomic mass is 9.78. The Kier molecular flexibility index (Phi) is 11.6. The molecule has 0 aromatic heterocycles. The van der Waals surface area contributed by atoms with Crippen molar-refractivity contribution in [3.05, 3.63) is 266 Å². The van der Waals surface area contributed by atoms with Gasteiger partial charge in [-0.15, -0.1) is 0 Å². The van der Waals surface area contributed by atoms with Crippen LogP contribution >= 0.6 is 0 Å². The lowest BCUT2D eigenvalue weighted by Gasteiger charge is -2.25. The minimum Gasteiger partial charge on any atom is -0.166 e. The fourth-order valence-electron chi connectivity index (χ4n) is 10.6. The maximum atomic E-state index is 15.1. The van der Waals surface area contributed by atoms with Crippen LogP contribution < -0.4 is 0 Å². The Morgan fingerprint density at radius 2 is 0.581 bits per heavy atom. The Morgan fingerprint density at radius 1 is 0.216 bits per heavy atom. The number of benzene rings is 12. The van der Waals surface area contributed by atoms with Crippen molar-refractivity contribution in [2.75, 3.05) is 0 Å². The van der Waals surface area contributed by atoms with Gasteiger partial charge in [-0.2, -0.15) is 26.3 Å². The SMILES string of the molecule is FC(F)(F)c1cccc(-c2c3cc4cc(-c5ccccc5)ccc4c(-c4ccc(-c5ccccc5)cc4)c3c(-c3cccc(C(F)(F)F)c3)c3cc(-c4ccccc4)cc(-c4ccc(-c5ccccc5)cc4)c23)c1. The Bertz CT molecular complexity index is 4030. The second-order valence-electron chi connectivity index (χ2n) is 18.6. The molecule has 0 unspecified atom stereocenters. The molecule has 12 rings (SSSR count). The molecule has 0 aliphatic carbocycles. The maximum absolute atomic E-state index is 15.1. The van der Waals surface area contributed by atoms with E-state index in [1.165, 1.54) is 24.3 Å². The van der Waals surface area contributed by atoms with Gasteiger partial charge in [0.1, 0.15) is 0 Å². The van der Waals surface area contributed by atoms with Gasteiger partial charge in [-0.25, -0.2) is 0 Å². The molecule has 356 valence electrons. The summed E-state index contributed by atoms with van der Waals surface area (Å²) in [6.07, 6.45) is -9.36. The number of alkyl halides is 6. The van der Waals surface area contributed by atoms with Gasteiger partial charge in [0.05, 0.1) is 11.1 Å². The molecule has 0 fully saturated rings. The number of fused-ring (bicyclic) bond motifs is 3. The van der Waals surface area contributed by atoms with Crippen LogP contribution in [0.3, 0.4) is 0 Å². The topological polar surface area (TPSA) is 0 Å². The van der Waals surface area contributed by atoms with Crippen LogP contribution in [0.1, 0.15) is 11.1 Å². The van der Waals surface area contributed by atoms with Gasteiger partial charge < -0.3 is 0 Å². The molecule has 0 atom stereocenters. The minimum atomic E-state index is -4.68. The molecule has 6 heteroatoms. The van der Waals surface area contributed by atoms with Gasteiger partial charge in [0, 0.05) is 0 Å². The van der Waals surface area contributed by atoms with E-state index in [-0.39, 0.29) is 0 Å². The lowest BCUT2D eigenvalue weighted by Crippen LogP contribution is -2.05. The quantitative estimate of drug-likeness (QED) is 0.105. The highest BCUT2D eigenvalue weighted by Crippen LogP contribution is 2.54. The summed E-state index contributed by atoms with van der Waals surface area (Å²) in [6, 6.07) is 79.0. The third-order valence-corrected chi connectivity index (χ3v) is 14.1. The van der Waals surface area contributed by atoms with Crippen molar-refractivity contribution in [2.45, 2.75) is 12.4 Å². The van der Waals surface area contributed by atoms with Crippen LogP contribution in [0.25, 0.3) is 121 Å². The van der Waals surface area contributed by atoms with Gasteiger partial charge in [0.2, 0.25) is 0 Å². The van der Waals surface area contributed by atoms with E-state index in [1.807, 2.05) is 182 Å². The van der Waals surface area contributed by atoms with Crippen molar-refractivity contribution >= 4 is 32.3 Å². The zero-order valence-corrected chi connectivity index (χ0v) is 39.5. The molecule has 12 aromatic carbocycles. The van der Waals surface area contributed by atoms with E-state index >= 15 is 26.3 Å². The Balaban J connectivity index is 1.32. The fraction of sp³-hybridized carbons (Fsp3) is 0.0294. The second-order valence-corrected chi connectivity index (χ2v) is 18.6. The van der Waals surface area contributed by atoms with E-state index in [0.717, 1.165) is 84.1 Å². The van der Waals surface area contributed by atoms with E-state index in [9.17, 15) is 0 Å². The third-order valence-electron chi connectivity index (χ3n) is 14.1.